The van der Waals surface area contributed by atoms with E-state index in [1.807, 2.05) is 23.8 Å². The van der Waals surface area contributed by atoms with E-state index in [9.17, 15) is 5.11 Å². The fourth-order valence-corrected chi connectivity index (χ4v) is 2.36. The second-order valence-corrected chi connectivity index (χ2v) is 5.14. The summed E-state index contributed by atoms with van der Waals surface area (Å²) >= 11 is 1.62. The Hall–Kier alpha value is -0.380. The molecule has 0 fully saturated rings. The maximum absolute atomic E-state index is 10.2. The predicted molar refractivity (Wildman–Crippen MR) is 66.3 cm³/mol. The van der Waals surface area contributed by atoms with E-state index in [0.717, 1.165) is 12.0 Å². The lowest BCUT2D eigenvalue weighted by Crippen LogP contribution is -2.39. The molecule has 0 aliphatic rings. The Kier molecular flexibility index (Phi) is 4.77. The summed E-state index contributed by atoms with van der Waals surface area (Å²) in [6.07, 6.45) is 2.33. The van der Waals surface area contributed by atoms with E-state index in [4.69, 9.17) is 0 Å². The van der Waals surface area contributed by atoms with E-state index in [0.29, 0.717) is 12.6 Å². The van der Waals surface area contributed by atoms with Gasteiger partial charge < -0.3 is 10.4 Å². The Bertz CT molecular complexity index is 269. The zero-order valence-corrected chi connectivity index (χ0v) is 10.6. The van der Waals surface area contributed by atoms with Gasteiger partial charge in [-0.2, -0.15) is 11.3 Å². The quantitative estimate of drug-likeness (QED) is 0.783. The summed E-state index contributed by atoms with van der Waals surface area (Å²) in [5, 5.41) is 17.6. The minimum Gasteiger partial charge on any atom is -0.384 e. The lowest BCUT2D eigenvalue weighted by atomic mass is 9.99. The molecule has 2 unspecified atom stereocenters. The van der Waals surface area contributed by atoms with Crippen LogP contribution in [0.3, 0.4) is 0 Å². The van der Waals surface area contributed by atoms with Crippen LogP contribution in [0.2, 0.25) is 0 Å². The van der Waals surface area contributed by atoms with Crippen LogP contribution in [0.1, 0.15) is 39.2 Å². The largest absolute Gasteiger partial charge is 0.384 e. The molecule has 1 aromatic rings. The highest BCUT2D eigenvalue weighted by molar-refractivity contribution is 7.08. The van der Waals surface area contributed by atoms with E-state index >= 15 is 0 Å². The van der Waals surface area contributed by atoms with Crippen LogP contribution < -0.4 is 5.32 Å². The molecular weight excluding hydrogens is 206 g/mol. The normalized spacial score (nSPS) is 17.3. The highest BCUT2D eigenvalue weighted by atomic mass is 32.1. The zero-order chi connectivity index (χ0) is 11.3. The van der Waals surface area contributed by atoms with Gasteiger partial charge in [-0.1, -0.05) is 13.3 Å². The maximum atomic E-state index is 10.2. The zero-order valence-electron chi connectivity index (χ0n) is 9.79. The molecule has 0 aliphatic heterocycles. The Balaban J connectivity index is 2.43. The van der Waals surface area contributed by atoms with Gasteiger partial charge in [0.25, 0.3) is 0 Å². The monoisotopic (exact) mass is 227 g/mol. The fraction of sp³-hybridized carbons (Fsp3) is 0.667. The van der Waals surface area contributed by atoms with Crippen LogP contribution in [0.5, 0.6) is 0 Å². The van der Waals surface area contributed by atoms with Crippen molar-refractivity contribution in [1.29, 1.82) is 0 Å². The van der Waals surface area contributed by atoms with Gasteiger partial charge in [0.2, 0.25) is 0 Å². The molecule has 0 amide bonds. The number of hydrogen-bond acceptors (Lipinski definition) is 3. The summed E-state index contributed by atoms with van der Waals surface area (Å²) in [6.45, 7) is 6.81. The molecule has 0 spiro atoms. The van der Waals surface area contributed by atoms with Crippen LogP contribution in [-0.4, -0.2) is 17.7 Å². The molecule has 0 saturated heterocycles. The first-order valence-electron chi connectivity index (χ1n) is 5.54. The second-order valence-electron chi connectivity index (χ2n) is 4.36. The van der Waals surface area contributed by atoms with Crippen molar-refractivity contribution in [2.24, 2.45) is 0 Å². The number of nitrogens with one attached hydrogen (secondary N) is 1. The highest BCUT2D eigenvalue weighted by Gasteiger charge is 2.23. The van der Waals surface area contributed by atoms with Crippen molar-refractivity contribution in [1.82, 2.24) is 5.32 Å². The smallest absolute Gasteiger partial charge is 0.1000 e. The average molecular weight is 227 g/mol. The summed E-state index contributed by atoms with van der Waals surface area (Å²) in [4.78, 5) is 0. The standard InChI is InChI=1S/C12H21NOS/c1-4-5-10(2)13-9-12(3,14)11-6-7-15-8-11/h6-8,10,13-14H,4-5,9H2,1-3H3. The number of thiophene rings is 1. The maximum Gasteiger partial charge on any atom is 0.1000 e. The molecule has 0 saturated carbocycles. The minimum absolute atomic E-state index is 0.472. The molecule has 1 heterocycles. The van der Waals surface area contributed by atoms with Gasteiger partial charge >= 0.3 is 0 Å². The van der Waals surface area contributed by atoms with E-state index in [1.54, 1.807) is 11.3 Å². The Morgan fingerprint density at radius 2 is 2.33 bits per heavy atom. The third kappa shape index (κ3) is 3.93. The molecule has 1 aromatic heterocycles. The van der Waals surface area contributed by atoms with Gasteiger partial charge in [0.1, 0.15) is 0 Å². The lowest BCUT2D eigenvalue weighted by molar-refractivity contribution is 0.0545. The Morgan fingerprint density at radius 3 is 2.87 bits per heavy atom. The van der Waals surface area contributed by atoms with Crippen molar-refractivity contribution in [2.75, 3.05) is 6.54 Å². The van der Waals surface area contributed by atoms with Gasteiger partial charge in [-0.3, -0.25) is 0 Å². The molecule has 2 nitrogen and oxygen atoms in total. The van der Waals surface area contributed by atoms with Gasteiger partial charge in [-0.15, -0.1) is 0 Å². The van der Waals surface area contributed by atoms with Crippen LogP contribution in [0.25, 0.3) is 0 Å². The Labute approximate surface area is 96.3 Å². The van der Waals surface area contributed by atoms with Crippen molar-refractivity contribution in [3.63, 3.8) is 0 Å². The van der Waals surface area contributed by atoms with Gasteiger partial charge in [0, 0.05) is 12.6 Å². The summed E-state index contributed by atoms with van der Waals surface area (Å²) in [7, 11) is 0. The molecule has 0 aliphatic carbocycles. The van der Waals surface area contributed by atoms with Crippen molar-refractivity contribution in [3.05, 3.63) is 22.4 Å². The second kappa shape index (κ2) is 5.64. The van der Waals surface area contributed by atoms with Crippen LogP contribution in [0, 0.1) is 0 Å². The van der Waals surface area contributed by atoms with Gasteiger partial charge in [-0.25, -0.2) is 0 Å². The third-order valence-electron chi connectivity index (χ3n) is 2.66. The summed E-state index contributed by atoms with van der Waals surface area (Å²) < 4.78 is 0. The lowest BCUT2D eigenvalue weighted by Gasteiger charge is -2.25. The first-order chi connectivity index (χ1) is 7.06. The molecule has 2 atom stereocenters. The fourth-order valence-electron chi connectivity index (χ4n) is 1.58. The SMILES string of the molecule is CCCC(C)NCC(C)(O)c1ccsc1. The van der Waals surface area contributed by atoms with Crippen molar-refractivity contribution in [2.45, 2.75) is 45.3 Å². The first kappa shape index (κ1) is 12.7. The van der Waals surface area contributed by atoms with Crippen molar-refractivity contribution < 1.29 is 5.11 Å². The van der Waals surface area contributed by atoms with Crippen LogP contribution in [0.15, 0.2) is 16.8 Å². The minimum atomic E-state index is -0.748. The molecule has 0 aromatic carbocycles. The van der Waals surface area contributed by atoms with Crippen molar-refractivity contribution in [3.8, 4) is 0 Å². The summed E-state index contributed by atoms with van der Waals surface area (Å²) in [6, 6.07) is 2.46. The average Bonchev–Trinajstić information content (AvgIpc) is 2.69. The molecule has 1 rings (SSSR count). The predicted octanol–water partition coefficient (Wildman–Crippen LogP) is 2.73. The van der Waals surface area contributed by atoms with E-state index in [1.165, 1.54) is 6.42 Å². The summed E-state index contributed by atoms with van der Waals surface area (Å²) in [5.74, 6) is 0. The number of hydrogen-bond donors (Lipinski definition) is 2. The first-order valence-corrected chi connectivity index (χ1v) is 6.49. The van der Waals surface area contributed by atoms with Gasteiger partial charge in [-0.05, 0) is 42.7 Å². The van der Waals surface area contributed by atoms with Crippen LogP contribution in [0.4, 0.5) is 0 Å². The molecule has 0 bridgehead atoms. The number of aliphatic hydroxyl groups is 1. The topological polar surface area (TPSA) is 32.3 Å². The number of rotatable bonds is 6. The molecule has 15 heavy (non-hydrogen) atoms. The van der Waals surface area contributed by atoms with Crippen LogP contribution in [-0.2, 0) is 5.60 Å². The highest BCUT2D eigenvalue weighted by Crippen LogP contribution is 2.22. The molecule has 0 radical (unpaired) electrons. The molecule has 2 N–H and O–H groups in total. The van der Waals surface area contributed by atoms with E-state index in [-0.39, 0.29) is 0 Å². The summed E-state index contributed by atoms with van der Waals surface area (Å²) in [5.41, 5.74) is 0.255. The van der Waals surface area contributed by atoms with E-state index < -0.39 is 5.60 Å². The van der Waals surface area contributed by atoms with Gasteiger partial charge in [0.05, 0.1) is 5.60 Å². The van der Waals surface area contributed by atoms with E-state index in [2.05, 4.69) is 19.2 Å². The molecular formula is C12H21NOS. The Morgan fingerprint density at radius 1 is 1.60 bits per heavy atom. The van der Waals surface area contributed by atoms with Gasteiger partial charge in [0.15, 0.2) is 0 Å². The van der Waals surface area contributed by atoms with Crippen LogP contribution >= 0.6 is 11.3 Å². The third-order valence-corrected chi connectivity index (χ3v) is 3.34. The van der Waals surface area contributed by atoms with Crippen molar-refractivity contribution >= 4 is 11.3 Å². The molecule has 3 heteroatoms. The molecule has 86 valence electrons.